The summed E-state index contributed by atoms with van der Waals surface area (Å²) in [5.41, 5.74) is 4.92. The number of benzene rings is 4. The molecule has 0 aromatic heterocycles. The topological polar surface area (TPSA) is 0 Å². The molecule has 0 spiro atoms. The minimum Gasteiger partial charge on any atom is -0.206 e. The van der Waals surface area contributed by atoms with E-state index in [2.05, 4.69) is 31.2 Å². The van der Waals surface area contributed by atoms with Gasteiger partial charge >= 0.3 is 0 Å². The largest absolute Gasteiger partial charge is 0.206 e. The highest BCUT2D eigenvalue weighted by atomic mass is 19.2. The Kier molecular flexibility index (Phi) is 6.93. The van der Waals surface area contributed by atoms with E-state index in [0.29, 0.717) is 5.56 Å². The van der Waals surface area contributed by atoms with E-state index in [-0.39, 0.29) is 11.1 Å². The second-order valence-corrected chi connectivity index (χ2v) is 8.18. The Hall–Kier alpha value is -3.40. The monoisotopic (exact) mass is 448 g/mol. The maximum Gasteiger partial charge on any atom is 0.194 e. The molecule has 0 unspecified atom stereocenters. The number of rotatable bonds is 7. The molecule has 4 rings (SSSR count). The number of hydrogen-bond acceptors (Lipinski definition) is 0. The van der Waals surface area contributed by atoms with Gasteiger partial charge in [0.2, 0.25) is 0 Å². The van der Waals surface area contributed by atoms with Crippen molar-refractivity contribution in [2.75, 3.05) is 0 Å². The highest BCUT2D eigenvalue weighted by molar-refractivity contribution is 5.73. The van der Waals surface area contributed by atoms with Gasteiger partial charge in [-0.25, -0.2) is 17.6 Å². The van der Waals surface area contributed by atoms with Crippen LogP contribution in [0.2, 0.25) is 0 Å². The van der Waals surface area contributed by atoms with Gasteiger partial charge in [-0.3, -0.25) is 0 Å². The summed E-state index contributed by atoms with van der Waals surface area (Å²) in [7, 11) is 0. The molecule has 0 nitrogen and oxygen atoms in total. The quantitative estimate of drug-likeness (QED) is 0.150. The van der Waals surface area contributed by atoms with Gasteiger partial charge in [0.1, 0.15) is 5.82 Å². The van der Waals surface area contributed by atoms with Gasteiger partial charge in [-0.05, 0) is 64.4 Å². The summed E-state index contributed by atoms with van der Waals surface area (Å²) in [4.78, 5) is 0. The summed E-state index contributed by atoms with van der Waals surface area (Å²) >= 11 is 0. The van der Waals surface area contributed by atoms with Crippen molar-refractivity contribution < 1.29 is 17.6 Å². The normalized spacial score (nSPS) is 11.1. The molecule has 4 aromatic rings. The highest BCUT2D eigenvalue weighted by Gasteiger charge is 2.14. The van der Waals surface area contributed by atoms with E-state index in [4.69, 9.17) is 0 Å². The molecule has 0 bridgehead atoms. The predicted octanol–water partition coefficient (Wildman–Crippen LogP) is 8.98. The van der Waals surface area contributed by atoms with Crippen molar-refractivity contribution in [3.05, 3.63) is 108 Å². The van der Waals surface area contributed by atoms with Crippen molar-refractivity contribution in [1.29, 1.82) is 0 Å². The van der Waals surface area contributed by atoms with Crippen molar-refractivity contribution in [3.63, 3.8) is 0 Å². The Morgan fingerprint density at radius 1 is 0.515 bits per heavy atom. The molecule has 0 aliphatic rings. The average Bonchev–Trinajstić information content (AvgIpc) is 2.83. The number of hydrogen-bond donors (Lipinski definition) is 0. The third-order valence-electron chi connectivity index (χ3n) is 5.84. The van der Waals surface area contributed by atoms with Gasteiger partial charge in [-0.2, -0.15) is 0 Å². The summed E-state index contributed by atoms with van der Waals surface area (Å²) in [5, 5.41) is 0. The number of aryl methyl sites for hydroxylation is 1. The minimum atomic E-state index is -1.57. The lowest BCUT2D eigenvalue weighted by Crippen LogP contribution is -1.94. The van der Waals surface area contributed by atoms with E-state index in [0.717, 1.165) is 35.2 Å². The molecule has 4 aromatic carbocycles. The standard InChI is InChI=1S/C29H24F4/c1-2-3-4-5-19-6-8-20(9-7-19)21-10-12-22(13-11-21)23-14-15-25(26(30)16-23)24-17-27(31)29(33)28(32)18-24/h6-18H,2-5H2,1H3. The maximum absolute atomic E-state index is 14.7. The van der Waals surface area contributed by atoms with Gasteiger partial charge in [0.05, 0.1) is 0 Å². The fraction of sp³-hybridized carbons (Fsp3) is 0.172. The molecule has 0 saturated carbocycles. The first-order valence-corrected chi connectivity index (χ1v) is 11.1. The lowest BCUT2D eigenvalue weighted by molar-refractivity contribution is 0.447. The highest BCUT2D eigenvalue weighted by Crippen LogP contribution is 2.31. The van der Waals surface area contributed by atoms with E-state index in [9.17, 15) is 17.6 Å². The molecule has 0 saturated heterocycles. The Morgan fingerprint density at radius 3 is 1.55 bits per heavy atom. The summed E-state index contributed by atoms with van der Waals surface area (Å²) in [6.45, 7) is 2.20. The van der Waals surface area contributed by atoms with Crippen LogP contribution in [0.1, 0.15) is 31.7 Å². The summed E-state index contributed by atoms with van der Waals surface area (Å²) in [6, 6.07) is 22.4. The van der Waals surface area contributed by atoms with Crippen molar-refractivity contribution in [3.8, 4) is 33.4 Å². The molecular formula is C29H24F4. The number of halogens is 4. The lowest BCUT2D eigenvalue weighted by Gasteiger charge is -2.09. The molecule has 0 heterocycles. The molecular weight excluding hydrogens is 424 g/mol. The molecule has 4 heteroatoms. The molecule has 0 N–H and O–H groups in total. The van der Waals surface area contributed by atoms with E-state index in [1.807, 2.05) is 24.3 Å². The van der Waals surface area contributed by atoms with E-state index >= 15 is 0 Å². The molecule has 0 amide bonds. The molecule has 0 fully saturated rings. The van der Waals surface area contributed by atoms with Crippen molar-refractivity contribution >= 4 is 0 Å². The third-order valence-corrected chi connectivity index (χ3v) is 5.84. The average molecular weight is 449 g/mol. The first kappa shape index (κ1) is 22.8. The molecule has 0 aliphatic carbocycles. The van der Waals surface area contributed by atoms with E-state index < -0.39 is 23.3 Å². The molecule has 0 atom stereocenters. The summed E-state index contributed by atoms with van der Waals surface area (Å²) < 4.78 is 55.0. The zero-order valence-electron chi connectivity index (χ0n) is 18.3. The predicted molar refractivity (Wildman–Crippen MR) is 126 cm³/mol. The van der Waals surface area contributed by atoms with Crippen LogP contribution in [0.3, 0.4) is 0 Å². The van der Waals surface area contributed by atoms with E-state index in [1.54, 1.807) is 6.07 Å². The van der Waals surface area contributed by atoms with E-state index in [1.165, 1.54) is 37.0 Å². The van der Waals surface area contributed by atoms with Crippen LogP contribution >= 0.6 is 0 Å². The smallest absolute Gasteiger partial charge is 0.194 e. The number of unbranched alkanes of at least 4 members (excludes halogenated alkanes) is 2. The fourth-order valence-corrected chi connectivity index (χ4v) is 3.94. The summed E-state index contributed by atoms with van der Waals surface area (Å²) in [6.07, 6.45) is 4.74. The van der Waals surface area contributed by atoms with Crippen LogP contribution in [0.25, 0.3) is 33.4 Å². The Bertz CT molecular complexity index is 1220. The molecule has 0 radical (unpaired) electrons. The van der Waals surface area contributed by atoms with Crippen LogP contribution in [-0.2, 0) is 6.42 Å². The maximum atomic E-state index is 14.7. The first-order chi connectivity index (χ1) is 16.0. The Balaban J connectivity index is 1.53. The SMILES string of the molecule is CCCCCc1ccc(-c2ccc(-c3ccc(-c4cc(F)c(F)c(F)c4)c(F)c3)cc2)cc1. The third kappa shape index (κ3) is 5.16. The van der Waals surface area contributed by atoms with Crippen molar-refractivity contribution in [1.82, 2.24) is 0 Å². The van der Waals surface area contributed by atoms with Gasteiger partial charge in [0, 0.05) is 5.56 Å². The van der Waals surface area contributed by atoms with Crippen molar-refractivity contribution in [2.24, 2.45) is 0 Å². The lowest BCUT2D eigenvalue weighted by atomic mass is 9.97. The molecule has 33 heavy (non-hydrogen) atoms. The first-order valence-electron chi connectivity index (χ1n) is 11.1. The van der Waals surface area contributed by atoms with Crippen LogP contribution < -0.4 is 0 Å². The zero-order valence-corrected chi connectivity index (χ0v) is 18.3. The van der Waals surface area contributed by atoms with Gasteiger partial charge in [-0.1, -0.05) is 80.4 Å². The fourth-order valence-electron chi connectivity index (χ4n) is 3.94. The summed E-state index contributed by atoms with van der Waals surface area (Å²) in [5.74, 6) is -4.90. The molecule has 0 aliphatic heterocycles. The second kappa shape index (κ2) is 10.0. The van der Waals surface area contributed by atoms with Crippen molar-refractivity contribution in [2.45, 2.75) is 32.6 Å². The van der Waals surface area contributed by atoms with Gasteiger partial charge < -0.3 is 0 Å². The molecule has 168 valence electrons. The van der Waals surface area contributed by atoms with Crippen LogP contribution in [0.15, 0.2) is 78.9 Å². The minimum absolute atomic E-state index is 0.00666. The van der Waals surface area contributed by atoms with Gasteiger partial charge in [0.15, 0.2) is 17.5 Å². The Morgan fingerprint density at radius 2 is 1.00 bits per heavy atom. The van der Waals surface area contributed by atoms with Gasteiger partial charge in [-0.15, -0.1) is 0 Å². The van der Waals surface area contributed by atoms with Crippen LogP contribution in [0.4, 0.5) is 17.6 Å². The zero-order chi connectivity index (χ0) is 23.4. The van der Waals surface area contributed by atoms with Gasteiger partial charge in [0.25, 0.3) is 0 Å². The van der Waals surface area contributed by atoms with Crippen LogP contribution in [0.5, 0.6) is 0 Å². The Labute approximate surface area is 191 Å². The van der Waals surface area contributed by atoms with Crippen LogP contribution in [0, 0.1) is 23.3 Å². The van der Waals surface area contributed by atoms with Crippen LogP contribution in [-0.4, -0.2) is 0 Å². The second-order valence-electron chi connectivity index (χ2n) is 8.18.